The van der Waals surface area contributed by atoms with Gasteiger partial charge < -0.3 is 20.3 Å². The summed E-state index contributed by atoms with van der Waals surface area (Å²) < 4.78 is 36.8. The van der Waals surface area contributed by atoms with Crippen molar-refractivity contribution in [2.45, 2.75) is 63.3 Å². The van der Waals surface area contributed by atoms with E-state index in [4.69, 9.17) is 15.2 Å². The van der Waals surface area contributed by atoms with Gasteiger partial charge in [-0.1, -0.05) is 36.8 Å². The van der Waals surface area contributed by atoms with Crippen LogP contribution in [-0.2, 0) is 21.2 Å². The number of nitrogens with one attached hydrogen (secondary N) is 1. The summed E-state index contributed by atoms with van der Waals surface area (Å²) in [5.74, 6) is -0.449. The van der Waals surface area contributed by atoms with Crippen LogP contribution in [0.2, 0.25) is 0 Å². The molecule has 2 amide bonds. The Morgan fingerprint density at radius 1 is 1.02 bits per heavy atom. The Morgan fingerprint density at radius 2 is 1.66 bits per heavy atom. The van der Waals surface area contributed by atoms with Crippen LogP contribution in [-0.4, -0.2) is 48.9 Å². The van der Waals surface area contributed by atoms with E-state index < -0.39 is 39.2 Å². The van der Waals surface area contributed by atoms with Crippen molar-refractivity contribution in [2.24, 2.45) is 5.73 Å². The molecule has 0 aliphatic heterocycles. The number of nitro benzene ring substituents is 1. The van der Waals surface area contributed by atoms with Gasteiger partial charge in [-0.3, -0.25) is 14.9 Å². The fourth-order valence-electron chi connectivity index (χ4n) is 5.18. The third kappa shape index (κ3) is 9.01. The first-order valence-corrected chi connectivity index (χ1v) is 16.1. The van der Waals surface area contributed by atoms with Crippen LogP contribution in [0, 0.1) is 10.1 Å². The number of non-ortho nitro benzene ring substituents is 1. The SMILES string of the molecule is CS(=O)(=O)NC(=O)c1ccc(-c2ccc(CCC(OC(N)=O)[C@H](O)c3ccc([N+](=O)[O-])cc3)cc2)cc1OC1CCCCC1. The molecule has 4 rings (SSSR count). The van der Waals surface area contributed by atoms with E-state index in [9.17, 15) is 33.2 Å². The van der Waals surface area contributed by atoms with Crippen molar-refractivity contribution < 1.29 is 37.5 Å². The first-order chi connectivity index (χ1) is 20.9. The second-order valence-electron chi connectivity index (χ2n) is 10.8. The highest BCUT2D eigenvalue weighted by atomic mass is 32.2. The lowest BCUT2D eigenvalue weighted by molar-refractivity contribution is -0.384. The molecule has 12 nitrogen and oxygen atoms in total. The van der Waals surface area contributed by atoms with Gasteiger partial charge in [0.15, 0.2) is 0 Å². The highest BCUT2D eigenvalue weighted by Crippen LogP contribution is 2.32. The molecule has 4 N–H and O–H groups in total. The number of hydrogen-bond acceptors (Lipinski definition) is 9. The Kier molecular flexibility index (Phi) is 10.6. The Balaban J connectivity index is 1.50. The van der Waals surface area contributed by atoms with Crippen molar-refractivity contribution in [3.63, 3.8) is 0 Å². The Labute approximate surface area is 255 Å². The summed E-state index contributed by atoms with van der Waals surface area (Å²) in [4.78, 5) is 34.6. The van der Waals surface area contributed by atoms with E-state index in [1.54, 1.807) is 18.2 Å². The minimum absolute atomic E-state index is 0.0666. The van der Waals surface area contributed by atoms with Crippen LogP contribution in [0.5, 0.6) is 5.75 Å². The molecule has 2 atom stereocenters. The molecular formula is C31H35N3O9S. The fraction of sp³-hybridized carbons (Fsp3) is 0.355. The number of nitro groups is 1. The second-order valence-corrected chi connectivity index (χ2v) is 12.5. The third-order valence-electron chi connectivity index (χ3n) is 7.42. The molecule has 44 heavy (non-hydrogen) atoms. The molecule has 1 fully saturated rings. The number of ether oxygens (including phenoxy) is 2. The zero-order valence-corrected chi connectivity index (χ0v) is 25.0. The van der Waals surface area contributed by atoms with Gasteiger partial charge in [-0.2, -0.15) is 0 Å². The van der Waals surface area contributed by atoms with Crippen molar-refractivity contribution in [2.75, 3.05) is 6.26 Å². The number of carbonyl (C=O) groups is 2. The normalized spacial score (nSPS) is 15.1. The molecule has 234 valence electrons. The topological polar surface area (TPSA) is 188 Å². The van der Waals surface area contributed by atoms with Gasteiger partial charge in [0.1, 0.15) is 18.0 Å². The van der Waals surface area contributed by atoms with Crippen molar-refractivity contribution >= 4 is 27.7 Å². The van der Waals surface area contributed by atoms with Gasteiger partial charge in [-0.05, 0) is 85.0 Å². The fourth-order valence-corrected chi connectivity index (χ4v) is 5.63. The lowest BCUT2D eigenvalue weighted by atomic mass is 9.96. The Morgan fingerprint density at radius 3 is 2.25 bits per heavy atom. The zero-order valence-electron chi connectivity index (χ0n) is 24.2. The standard InChI is InChI=1S/C31H35N3O9S/c1-44(40,41)33-30(36)26-17-14-23(19-28(26)42-25-5-3-2-4-6-25)21-10-7-20(8-11-21)9-18-27(43-31(32)37)29(35)22-12-15-24(16-13-22)34(38)39/h7-8,10-17,19,25,27,29,35H,2-6,9,18H2,1H3,(H2,32,37)(H,33,36)/t27?,29-/m1/s1. The number of carbonyl (C=O) groups excluding carboxylic acids is 2. The molecule has 1 saturated carbocycles. The van der Waals surface area contributed by atoms with Gasteiger partial charge >= 0.3 is 6.09 Å². The molecule has 0 spiro atoms. The van der Waals surface area contributed by atoms with Crippen LogP contribution < -0.4 is 15.2 Å². The van der Waals surface area contributed by atoms with Crippen molar-refractivity contribution in [1.82, 2.24) is 4.72 Å². The zero-order chi connectivity index (χ0) is 31.9. The van der Waals surface area contributed by atoms with Crippen LogP contribution in [0.15, 0.2) is 66.7 Å². The first kappa shape index (κ1) is 32.4. The molecule has 0 radical (unpaired) electrons. The predicted molar refractivity (Wildman–Crippen MR) is 163 cm³/mol. The van der Waals surface area contributed by atoms with Crippen molar-refractivity contribution in [3.8, 4) is 16.9 Å². The molecule has 0 aromatic heterocycles. The number of primary amides is 1. The average Bonchev–Trinajstić information content (AvgIpc) is 2.98. The quantitative estimate of drug-likeness (QED) is 0.188. The summed E-state index contributed by atoms with van der Waals surface area (Å²) in [6.45, 7) is 0. The van der Waals surface area contributed by atoms with Gasteiger partial charge in [-0.15, -0.1) is 0 Å². The highest BCUT2D eigenvalue weighted by molar-refractivity contribution is 7.89. The summed E-state index contributed by atoms with van der Waals surface area (Å²) in [6.07, 6.45) is 3.08. The maximum Gasteiger partial charge on any atom is 0.404 e. The number of aryl methyl sites for hydroxylation is 1. The van der Waals surface area contributed by atoms with E-state index in [1.807, 2.05) is 29.0 Å². The number of benzene rings is 3. The molecule has 3 aromatic carbocycles. The molecule has 1 aliphatic rings. The number of aliphatic hydroxyl groups is 1. The van der Waals surface area contributed by atoms with Crippen LogP contribution in [0.1, 0.15) is 66.1 Å². The van der Waals surface area contributed by atoms with Gasteiger partial charge in [0.2, 0.25) is 10.0 Å². The maximum atomic E-state index is 12.7. The minimum atomic E-state index is -3.76. The number of hydrogen-bond donors (Lipinski definition) is 3. The van der Waals surface area contributed by atoms with Crippen LogP contribution in [0.4, 0.5) is 10.5 Å². The molecular weight excluding hydrogens is 590 g/mol. The molecule has 0 bridgehead atoms. The summed E-state index contributed by atoms with van der Waals surface area (Å²) in [7, 11) is -3.76. The van der Waals surface area contributed by atoms with E-state index >= 15 is 0 Å². The van der Waals surface area contributed by atoms with Crippen molar-refractivity contribution in [3.05, 3.63) is 93.5 Å². The predicted octanol–water partition coefficient (Wildman–Crippen LogP) is 4.79. The number of sulfonamides is 1. The number of nitrogens with two attached hydrogens (primary N) is 1. The molecule has 0 saturated heterocycles. The van der Waals surface area contributed by atoms with E-state index in [-0.39, 0.29) is 23.8 Å². The van der Waals surface area contributed by atoms with E-state index in [0.29, 0.717) is 17.7 Å². The van der Waals surface area contributed by atoms with E-state index in [1.165, 1.54) is 24.3 Å². The third-order valence-corrected chi connectivity index (χ3v) is 7.98. The molecule has 3 aromatic rings. The van der Waals surface area contributed by atoms with Gasteiger partial charge in [-0.25, -0.2) is 17.9 Å². The lowest BCUT2D eigenvalue weighted by Crippen LogP contribution is -2.30. The summed E-state index contributed by atoms with van der Waals surface area (Å²) >= 11 is 0. The minimum Gasteiger partial charge on any atom is -0.490 e. The molecule has 0 heterocycles. The van der Waals surface area contributed by atoms with Gasteiger partial charge in [0, 0.05) is 12.1 Å². The molecule has 1 unspecified atom stereocenters. The maximum absolute atomic E-state index is 12.7. The highest BCUT2D eigenvalue weighted by Gasteiger charge is 2.25. The van der Waals surface area contributed by atoms with Crippen LogP contribution in [0.25, 0.3) is 11.1 Å². The lowest BCUT2D eigenvalue weighted by Gasteiger charge is -2.24. The van der Waals surface area contributed by atoms with E-state index in [0.717, 1.165) is 55.1 Å². The van der Waals surface area contributed by atoms with Crippen molar-refractivity contribution in [1.29, 1.82) is 0 Å². The first-order valence-electron chi connectivity index (χ1n) is 14.2. The number of amides is 2. The average molecular weight is 626 g/mol. The number of aliphatic hydroxyl groups excluding tert-OH is 1. The van der Waals surface area contributed by atoms with Gasteiger partial charge in [0.25, 0.3) is 11.6 Å². The monoisotopic (exact) mass is 625 g/mol. The Bertz CT molecular complexity index is 1590. The molecule has 13 heteroatoms. The summed E-state index contributed by atoms with van der Waals surface area (Å²) in [5.41, 5.74) is 8.05. The second kappa shape index (κ2) is 14.3. The largest absolute Gasteiger partial charge is 0.490 e. The number of nitrogens with zero attached hydrogens (tertiary/aromatic N) is 1. The molecule has 1 aliphatic carbocycles. The van der Waals surface area contributed by atoms with Crippen LogP contribution >= 0.6 is 0 Å². The number of rotatable bonds is 12. The smallest absolute Gasteiger partial charge is 0.404 e. The van der Waals surface area contributed by atoms with Gasteiger partial charge in [0.05, 0.1) is 22.8 Å². The summed E-state index contributed by atoms with van der Waals surface area (Å²) in [6, 6.07) is 17.8. The summed E-state index contributed by atoms with van der Waals surface area (Å²) in [5, 5.41) is 21.8. The Hall–Kier alpha value is -4.49. The van der Waals surface area contributed by atoms with E-state index in [2.05, 4.69) is 0 Å². The van der Waals surface area contributed by atoms with Crippen LogP contribution in [0.3, 0.4) is 0 Å².